The highest BCUT2D eigenvalue weighted by Gasteiger charge is 2.33. The fourth-order valence-corrected chi connectivity index (χ4v) is 3.18. The van der Waals surface area contributed by atoms with E-state index in [0.717, 1.165) is 28.5 Å². The molecule has 0 unspecified atom stereocenters. The third-order valence-electron chi connectivity index (χ3n) is 4.20. The van der Waals surface area contributed by atoms with Crippen molar-refractivity contribution in [1.82, 2.24) is 9.88 Å². The number of amides is 1. The number of aromatic nitrogens is 1. The molecule has 0 spiro atoms. The van der Waals surface area contributed by atoms with Gasteiger partial charge in [-0.05, 0) is 37.0 Å². The fourth-order valence-electron chi connectivity index (χ4n) is 3.18. The van der Waals surface area contributed by atoms with Crippen LogP contribution < -0.4 is 0 Å². The van der Waals surface area contributed by atoms with Crippen molar-refractivity contribution in [3.8, 4) is 0 Å². The van der Waals surface area contributed by atoms with Crippen LogP contribution in [0.3, 0.4) is 0 Å². The highest BCUT2D eigenvalue weighted by molar-refractivity contribution is 5.92. The maximum Gasteiger partial charge on any atom is 0.326 e. The molecule has 110 valence electrons. The van der Waals surface area contributed by atoms with Gasteiger partial charge in [-0.3, -0.25) is 4.79 Å². The number of carbonyl (C=O) groups is 2. The molecule has 21 heavy (non-hydrogen) atoms. The van der Waals surface area contributed by atoms with Gasteiger partial charge in [0.1, 0.15) is 6.04 Å². The molecule has 1 fully saturated rings. The van der Waals surface area contributed by atoms with Gasteiger partial charge in [0.15, 0.2) is 0 Å². The van der Waals surface area contributed by atoms with Gasteiger partial charge in [0.05, 0.1) is 6.42 Å². The molecule has 2 N–H and O–H groups in total. The van der Waals surface area contributed by atoms with Gasteiger partial charge < -0.3 is 15.0 Å². The van der Waals surface area contributed by atoms with Crippen molar-refractivity contribution < 1.29 is 14.7 Å². The van der Waals surface area contributed by atoms with Gasteiger partial charge in [-0.15, -0.1) is 0 Å². The second kappa shape index (κ2) is 5.24. The second-order valence-electron chi connectivity index (χ2n) is 5.57. The van der Waals surface area contributed by atoms with Crippen molar-refractivity contribution in [2.75, 3.05) is 6.54 Å². The second-order valence-corrected chi connectivity index (χ2v) is 5.57. The van der Waals surface area contributed by atoms with Gasteiger partial charge in [-0.2, -0.15) is 0 Å². The number of likely N-dealkylation sites (tertiary alicyclic amines) is 1. The summed E-state index contributed by atoms with van der Waals surface area (Å²) >= 11 is 0. The zero-order valence-corrected chi connectivity index (χ0v) is 11.9. The van der Waals surface area contributed by atoms with Gasteiger partial charge in [-0.1, -0.05) is 12.1 Å². The number of aryl methyl sites for hydroxylation is 1. The number of aromatic amines is 1. The Morgan fingerprint density at radius 1 is 1.43 bits per heavy atom. The summed E-state index contributed by atoms with van der Waals surface area (Å²) in [7, 11) is 0. The van der Waals surface area contributed by atoms with E-state index < -0.39 is 12.0 Å². The number of carboxylic acid groups (broad SMARTS) is 1. The van der Waals surface area contributed by atoms with Gasteiger partial charge >= 0.3 is 5.97 Å². The lowest BCUT2D eigenvalue weighted by Crippen LogP contribution is -2.41. The summed E-state index contributed by atoms with van der Waals surface area (Å²) in [6, 6.07) is 5.30. The maximum atomic E-state index is 12.4. The molecule has 1 aromatic carbocycles. The predicted octanol–water partition coefficient (Wildman–Crippen LogP) is 2.09. The number of hydrogen-bond donors (Lipinski definition) is 2. The highest BCUT2D eigenvalue weighted by Crippen LogP contribution is 2.24. The average Bonchev–Trinajstić information content (AvgIpc) is 3.06. The minimum atomic E-state index is -0.907. The normalized spacial score (nSPS) is 18.3. The Balaban J connectivity index is 1.85. The van der Waals surface area contributed by atoms with Crippen LogP contribution in [0.5, 0.6) is 0 Å². The van der Waals surface area contributed by atoms with E-state index >= 15 is 0 Å². The van der Waals surface area contributed by atoms with Crippen LogP contribution >= 0.6 is 0 Å². The number of H-pyrrole nitrogens is 1. The number of carboxylic acids is 1. The highest BCUT2D eigenvalue weighted by atomic mass is 16.4. The predicted molar refractivity (Wildman–Crippen MR) is 79.1 cm³/mol. The fraction of sp³-hybridized carbons (Fsp3) is 0.375. The number of hydrogen-bond acceptors (Lipinski definition) is 2. The molecule has 5 nitrogen and oxygen atoms in total. The SMILES string of the molecule is Cc1cccc2[nH]cc(CC(=O)N3CCC[C@H]3C(=O)O)c12. The van der Waals surface area contributed by atoms with Crippen LogP contribution in [0.4, 0.5) is 0 Å². The molecule has 1 aliphatic rings. The lowest BCUT2D eigenvalue weighted by Gasteiger charge is -2.21. The van der Waals surface area contributed by atoms with Crippen molar-refractivity contribution in [2.45, 2.75) is 32.2 Å². The van der Waals surface area contributed by atoms with E-state index in [9.17, 15) is 14.7 Å². The molecule has 1 aliphatic heterocycles. The maximum absolute atomic E-state index is 12.4. The summed E-state index contributed by atoms with van der Waals surface area (Å²) in [6.45, 7) is 2.55. The van der Waals surface area contributed by atoms with Crippen LogP contribution in [-0.4, -0.2) is 39.5 Å². The molecule has 2 aromatic rings. The van der Waals surface area contributed by atoms with Crippen LogP contribution in [0, 0.1) is 6.92 Å². The summed E-state index contributed by atoms with van der Waals surface area (Å²) < 4.78 is 0. The van der Waals surface area contributed by atoms with Gasteiger partial charge in [-0.25, -0.2) is 4.79 Å². The van der Waals surface area contributed by atoms with Crippen molar-refractivity contribution >= 4 is 22.8 Å². The van der Waals surface area contributed by atoms with E-state index in [4.69, 9.17) is 0 Å². The van der Waals surface area contributed by atoms with Gasteiger partial charge in [0.2, 0.25) is 5.91 Å². The molecule has 0 bridgehead atoms. The summed E-state index contributed by atoms with van der Waals surface area (Å²) in [5.74, 6) is -1.01. The first-order chi connectivity index (χ1) is 10.1. The zero-order valence-electron chi connectivity index (χ0n) is 11.9. The lowest BCUT2D eigenvalue weighted by atomic mass is 10.0. The number of benzene rings is 1. The number of fused-ring (bicyclic) bond motifs is 1. The van der Waals surface area contributed by atoms with Crippen molar-refractivity contribution in [3.63, 3.8) is 0 Å². The monoisotopic (exact) mass is 286 g/mol. The van der Waals surface area contributed by atoms with E-state index in [0.29, 0.717) is 13.0 Å². The van der Waals surface area contributed by atoms with Crippen LogP contribution in [0.25, 0.3) is 10.9 Å². The summed E-state index contributed by atoms with van der Waals surface area (Å²) in [5.41, 5.74) is 3.06. The number of rotatable bonds is 3. The Morgan fingerprint density at radius 2 is 2.24 bits per heavy atom. The molecule has 0 radical (unpaired) electrons. The van der Waals surface area contributed by atoms with E-state index in [2.05, 4.69) is 4.98 Å². The molecule has 0 saturated carbocycles. The molecule has 1 aromatic heterocycles. The third kappa shape index (κ3) is 2.39. The molecular weight excluding hydrogens is 268 g/mol. The van der Waals surface area contributed by atoms with Crippen molar-refractivity contribution in [2.24, 2.45) is 0 Å². The smallest absolute Gasteiger partial charge is 0.326 e. The van der Waals surface area contributed by atoms with Crippen LogP contribution in [0.2, 0.25) is 0 Å². The Labute approximate surface area is 122 Å². The number of carbonyl (C=O) groups excluding carboxylic acids is 1. The molecule has 1 atom stereocenters. The van der Waals surface area contributed by atoms with Crippen molar-refractivity contribution in [3.05, 3.63) is 35.5 Å². The largest absolute Gasteiger partial charge is 0.480 e. The Morgan fingerprint density at radius 3 is 3.00 bits per heavy atom. The molecule has 2 heterocycles. The topological polar surface area (TPSA) is 73.4 Å². The Bertz CT molecular complexity index is 705. The van der Waals surface area contributed by atoms with Crippen LogP contribution in [0.15, 0.2) is 24.4 Å². The summed E-state index contributed by atoms with van der Waals surface area (Å²) in [4.78, 5) is 28.3. The first-order valence-corrected chi connectivity index (χ1v) is 7.16. The Kier molecular flexibility index (Phi) is 3.41. The Hall–Kier alpha value is -2.30. The molecule has 3 rings (SSSR count). The first-order valence-electron chi connectivity index (χ1n) is 7.16. The third-order valence-corrected chi connectivity index (χ3v) is 4.20. The van der Waals surface area contributed by atoms with Gasteiger partial charge in [0, 0.05) is 23.6 Å². The number of aliphatic carboxylic acids is 1. The van der Waals surface area contributed by atoms with E-state index in [1.165, 1.54) is 4.90 Å². The minimum absolute atomic E-state index is 0.107. The first kappa shape index (κ1) is 13.7. The molecular formula is C16H18N2O3. The van der Waals surface area contributed by atoms with Gasteiger partial charge in [0.25, 0.3) is 0 Å². The van der Waals surface area contributed by atoms with E-state index in [1.807, 2.05) is 31.3 Å². The minimum Gasteiger partial charge on any atom is -0.480 e. The summed E-state index contributed by atoms with van der Waals surface area (Å²) in [5, 5.41) is 10.2. The van der Waals surface area contributed by atoms with Crippen molar-refractivity contribution in [1.29, 1.82) is 0 Å². The number of nitrogens with one attached hydrogen (secondary N) is 1. The zero-order chi connectivity index (χ0) is 15.0. The van der Waals surface area contributed by atoms with E-state index in [1.54, 1.807) is 0 Å². The van der Waals surface area contributed by atoms with E-state index in [-0.39, 0.29) is 12.3 Å². The molecule has 5 heteroatoms. The molecule has 1 amide bonds. The lowest BCUT2D eigenvalue weighted by molar-refractivity contribution is -0.147. The van der Waals surface area contributed by atoms with Crippen LogP contribution in [-0.2, 0) is 16.0 Å². The standard InChI is InChI=1S/C16H18N2O3/c1-10-4-2-5-12-15(10)11(9-17-12)8-14(19)18-7-3-6-13(18)16(20)21/h2,4-5,9,13,17H,3,6-8H2,1H3,(H,20,21)/t13-/m0/s1. The average molecular weight is 286 g/mol. The van der Waals surface area contributed by atoms with Crippen LogP contribution in [0.1, 0.15) is 24.0 Å². The number of nitrogens with zero attached hydrogens (tertiary/aromatic N) is 1. The molecule has 1 saturated heterocycles. The molecule has 0 aliphatic carbocycles. The quantitative estimate of drug-likeness (QED) is 0.907. The summed E-state index contributed by atoms with van der Waals surface area (Å²) in [6.07, 6.45) is 3.40.